The molecule has 0 spiro atoms. The number of hydrogen-bond acceptors (Lipinski definition) is 6. The average Bonchev–Trinajstić information content (AvgIpc) is 2.76. The van der Waals surface area contributed by atoms with E-state index in [4.69, 9.17) is 4.74 Å². The molecule has 0 aliphatic carbocycles. The zero-order valence-corrected chi connectivity index (χ0v) is 18.7. The first-order chi connectivity index (χ1) is 14.7. The summed E-state index contributed by atoms with van der Waals surface area (Å²) in [4.78, 5) is 37.7. The lowest BCUT2D eigenvalue weighted by Gasteiger charge is -2.23. The molecule has 3 N–H and O–H groups in total. The standard InChI is InChI=1S/C21H31N3O6S/c1-15(2)14-18(24-31(28,29)16-8-4-3-5-9-16)20(26)23-17-10-6-7-12-30-13-11-22-21(27)19(17)25/h3-5,8-9,15,17-18,24H,6-7,10-14H2,1-2H3,(H,22,27)(H,23,26). The normalized spacial score (nSPS) is 19.9. The van der Waals surface area contributed by atoms with Crippen molar-refractivity contribution in [1.29, 1.82) is 0 Å². The van der Waals surface area contributed by atoms with E-state index in [0.29, 0.717) is 26.1 Å². The Morgan fingerprint density at radius 1 is 1.16 bits per heavy atom. The Kier molecular flexibility index (Phi) is 9.60. The molecule has 1 aliphatic heterocycles. The summed E-state index contributed by atoms with van der Waals surface area (Å²) in [6.07, 6.45) is 1.76. The average molecular weight is 454 g/mol. The van der Waals surface area contributed by atoms with E-state index in [0.717, 1.165) is 0 Å². The van der Waals surface area contributed by atoms with E-state index in [2.05, 4.69) is 15.4 Å². The van der Waals surface area contributed by atoms with Crippen LogP contribution in [0.4, 0.5) is 0 Å². The molecular formula is C21H31N3O6S. The molecule has 10 heteroatoms. The highest BCUT2D eigenvalue weighted by Gasteiger charge is 2.32. The van der Waals surface area contributed by atoms with Crippen molar-refractivity contribution in [2.75, 3.05) is 19.8 Å². The predicted molar refractivity (Wildman–Crippen MR) is 115 cm³/mol. The molecule has 1 fully saturated rings. The van der Waals surface area contributed by atoms with Gasteiger partial charge >= 0.3 is 0 Å². The van der Waals surface area contributed by atoms with Crippen molar-refractivity contribution in [2.45, 2.75) is 56.5 Å². The second-order valence-corrected chi connectivity index (χ2v) is 9.62. The van der Waals surface area contributed by atoms with Crippen molar-refractivity contribution in [2.24, 2.45) is 5.92 Å². The maximum atomic E-state index is 13.0. The Hall–Kier alpha value is -2.30. The van der Waals surface area contributed by atoms with Gasteiger partial charge in [0, 0.05) is 13.2 Å². The molecule has 1 saturated heterocycles. The van der Waals surface area contributed by atoms with E-state index in [-0.39, 0.29) is 30.2 Å². The Morgan fingerprint density at radius 3 is 2.55 bits per heavy atom. The van der Waals surface area contributed by atoms with E-state index in [9.17, 15) is 22.8 Å². The van der Waals surface area contributed by atoms with Crippen molar-refractivity contribution in [3.63, 3.8) is 0 Å². The van der Waals surface area contributed by atoms with Crippen molar-refractivity contribution >= 4 is 27.6 Å². The van der Waals surface area contributed by atoms with E-state index in [1.807, 2.05) is 13.8 Å². The highest BCUT2D eigenvalue weighted by molar-refractivity contribution is 7.89. The number of nitrogens with one attached hydrogen (secondary N) is 3. The minimum absolute atomic E-state index is 0.0120. The third-order valence-corrected chi connectivity index (χ3v) is 6.28. The fourth-order valence-corrected chi connectivity index (χ4v) is 4.44. The zero-order chi connectivity index (χ0) is 22.9. The summed E-state index contributed by atoms with van der Waals surface area (Å²) in [6, 6.07) is 5.65. The molecule has 2 rings (SSSR count). The molecule has 0 bridgehead atoms. The molecule has 0 saturated carbocycles. The Morgan fingerprint density at radius 2 is 1.87 bits per heavy atom. The number of hydrogen-bond donors (Lipinski definition) is 3. The van der Waals surface area contributed by atoms with Gasteiger partial charge in [-0.25, -0.2) is 8.42 Å². The first-order valence-electron chi connectivity index (χ1n) is 10.5. The Bertz CT molecular complexity index is 857. The van der Waals surface area contributed by atoms with Crippen molar-refractivity contribution < 1.29 is 27.5 Å². The van der Waals surface area contributed by atoms with Gasteiger partial charge in [0.2, 0.25) is 21.7 Å². The van der Waals surface area contributed by atoms with Crippen LogP contribution < -0.4 is 15.4 Å². The molecule has 1 aromatic carbocycles. The van der Waals surface area contributed by atoms with Gasteiger partial charge in [-0.2, -0.15) is 4.72 Å². The van der Waals surface area contributed by atoms with Gasteiger partial charge < -0.3 is 15.4 Å². The first-order valence-corrected chi connectivity index (χ1v) is 12.0. The molecule has 1 heterocycles. The van der Waals surface area contributed by atoms with E-state index >= 15 is 0 Å². The minimum Gasteiger partial charge on any atom is -0.380 e. The number of rotatable bonds is 7. The molecule has 172 valence electrons. The lowest BCUT2D eigenvalue weighted by molar-refractivity contribution is -0.140. The van der Waals surface area contributed by atoms with Crippen LogP contribution in [0.5, 0.6) is 0 Å². The van der Waals surface area contributed by atoms with Crippen LogP contribution in [0.2, 0.25) is 0 Å². The number of amides is 2. The Balaban J connectivity index is 2.16. The first kappa shape index (κ1) is 25.0. The van der Waals surface area contributed by atoms with Crippen molar-refractivity contribution in [3.05, 3.63) is 30.3 Å². The lowest BCUT2D eigenvalue weighted by atomic mass is 10.0. The minimum atomic E-state index is -3.94. The smallest absolute Gasteiger partial charge is 0.289 e. The largest absolute Gasteiger partial charge is 0.380 e. The van der Waals surface area contributed by atoms with Gasteiger partial charge in [0.05, 0.1) is 17.5 Å². The molecule has 2 atom stereocenters. The SMILES string of the molecule is CC(C)CC(NS(=O)(=O)c1ccccc1)C(=O)NC1CCCCOCCNC(=O)C1=O. The van der Waals surface area contributed by atoms with Gasteiger partial charge in [-0.3, -0.25) is 14.4 Å². The van der Waals surface area contributed by atoms with Crippen LogP contribution in [0.1, 0.15) is 39.5 Å². The molecular weight excluding hydrogens is 422 g/mol. The second-order valence-electron chi connectivity index (χ2n) is 7.91. The highest BCUT2D eigenvalue weighted by Crippen LogP contribution is 2.13. The number of Topliss-reactive ketones (excluding diaryl/α,β-unsaturated/α-hetero) is 1. The van der Waals surface area contributed by atoms with E-state index in [1.54, 1.807) is 18.2 Å². The predicted octanol–water partition coefficient (Wildman–Crippen LogP) is 0.750. The third-order valence-electron chi connectivity index (χ3n) is 4.79. The summed E-state index contributed by atoms with van der Waals surface area (Å²) < 4.78 is 33.2. The monoisotopic (exact) mass is 453 g/mol. The molecule has 0 aromatic heterocycles. The van der Waals surface area contributed by atoms with Crippen molar-refractivity contribution in [1.82, 2.24) is 15.4 Å². The van der Waals surface area contributed by atoms with Crippen LogP contribution in [0.25, 0.3) is 0 Å². The van der Waals surface area contributed by atoms with Crippen molar-refractivity contribution in [3.8, 4) is 0 Å². The van der Waals surface area contributed by atoms with Crippen LogP contribution >= 0.6 is 0 Å². The molecule has 9 nitrogen and oxygen atoms in total. The van der Waals surface area contributed by atoms with Gasteiger partial charge in [-0.15, -0.1) is 0 Å². The summed E-state index contributed by atoms with van der Waals surface area (Å²) in [5.41, 5.74) is 0. The van der Waals surface area contributed by atoms with Crippen LogP contribution in [-0.2, 0) is 29.1 Å². The van der Waals surface area contributed by atoms with Crippen LogP contribution in [0, 0.1) is 5.92 Å². The summed E-state index contributed by atoms with van der Waals surface area (Å²) in [6.45, 7) is 4.74. The summed E-state index contributed by atoms with van der Waals surface area (Å²) in [7, 11) is -3.94. The van der Waals surface area contributed by atoms with E-state index in [1.165, 1.54) is 12.1 Å². The van der Waals surface area contributed by atoms with Gasteiger partial charge in [-0.1, -0.05) is 32.0 Å². The number of carbonyl (C=O) groups is 3. The number of benzene rings is 1. The van der Waals surface area contributed by atoms with Crippen LogP contribution in [-0.4, -0.2) is 57.9 Å². The van der Waals surface area contributed by atoms with Gasteiger partial charge in [0.1, 0.15) is 6.04 Å². The topological polar surface area (TPSA) is 131 Å². The zero-order valence-electron chi connectivity index (χ0n) is 17.9. The molecule has 31 heavy (non-hydrogen) atoms. The van der Waals surface area contributed by atoms with Crippen LogP contribution in [0.3, 0.4) is 0 Å². The number of ketones is 1. The Labute approximate surface area is 183 Å². The molecule has 1 aromatic rings. The summed E-state index contributed by atoms with van der Waals surface area (Å²) in [5.74, 6) is -2.16. The van der Waals surface area contributed by atoms with Gasteiger partial charge in [-0.05, 0) is 43.7 Å². The van der Waals surface area contributed by atoms with Crippen LogP contribution in [0.15, 0.2) is 35.2 Å². The molecule has 1 aliphatic rings. The second kappa shape index (κ2) is 11.9. The lowest BCUT2D eigenvalue weighted by Crippen LogP contribution is -2.54. The number of sulfonamides is 1. The molecule has 0 radical (unpaired) electrons. The number of ether oxygens (including phenoxy) is 1. The quantitative estimate of drug-likeness (QED) is 0.522. The molecule has 2 unspecified atom stereocenters. The van der Waals surface area contributed by atoms with E-state index < -0.39 is 39.7 Å². The fraction of sp³-hybridized carbons (Fsp3) is 0.571. The summed E-state index contributed by atoms with van der Waals surface area (Å²) in [5, 5.41) is 5.08. The fourth-order valence-electron chi connectivity index (χ4n) is 3.21. The summed E-state index contributed by atoms with van der Waals surface area (Å²) >= 11 is 0. The van der Waals surface area contributed by atoms with Gasteiger partial charge in [0.15, 0.2) is 0 Å². The molecule has 2 amide bonds. The van der Waals surface area contributed by atoms with Gasteiger partial charge in [0.25, 0.3) is 5.91 Å². The highest BCUT2D eigenvalue weighted by atomic mass is 32.2. The third kappa shape index (κ3) is 8.04. The number of carbonyl (C=O) groups excluding carboxylic acids is 3. The maximum Gasteiger partial charge on any atom is 0.289 e. The maximum absolute atomic E-state index is 13.0.